The molecule has 0 aromatic heterocycles. The first-order valence-electron chi connectivity index (χ1n) is 9.15. The van der Waals surface area contributed by atoms with Crippen molar-refractivity contribution in [1.82, 2.24) is 4.31 Å². The third kappa shape index (κ3) is 4.88. The monoisotopic (exact) mass is 401 g/mol. The van der Waals surface area contributed by atoms with Crippen molar-refractivity contribution < 1.29 is 17.9 Å². The van der Waals surface area contributed by atoms with E-state index in [0.717, 1.165) is 22.3 Å². The fourth-order valence-corrected chi connectivity index (χ4v) is 5.07. The zero-order valence-corrected chi connectivity index (χ0v) is 17.7. The van der Waals surface area contributed by atoms with Gasteiger partial charge in [0.15, 0.2) is 0 Å². The van der Waals surface area contributed by atoms with Gasteiger partial charge in [-0.2, -0.15) is 4.31 Å². The molecule has 0 aliphatic rings. The molecule has 0 heterocycles. The molecule has 0 bridgehead atoms. The van der Waals surface area contributed by atoms with Crippen molar-refractivity contribution >= 4 is 16.0 Å². The van der Waals surface area contributed by atoms with Crippen molar-refractivity contribution in [2.45, 2.75) is 39.1 Å². The molecule has 0 amide bonds. The molecule has 0 unspecified atom stereocenters. The summed E-state index contributed by atoms with van der Waals surface area (Å²) in [6.45, 7) is 11.7. The fraction of sp³-hybridized carbons (Fsp3) is 0.318. The number of ether oxygens (including phenoxy) is 1. The van der Waals surface area contributed by atoms with Crippen molar-refractivity contribution in [2.24, 2.45) is 0 Å². The summed E-state index contributed by atoms with van der Waals surface area (Å²) in [7, 11) is -3.70. The predicted octanol–water partition coefficient (Wildman–Crippen LogP) is 4.17. The van der Waals surface area contributed by atoms with E-state index in [-0.39, 0.29) is 13.1 Å². The summed E-state index contributed by atoms with van der Waals surface area (Å²) in [5, 5.41) is 0. The van der Waals surface area contributed by atoms with Crippen LogP contribution in [0.1, 0.15) is 39.5 Å². The quantitative estimate of drug-likeness (QED) is 0.492. The van der Waals surface area contributed by atoms with Crippen LogP contribution in [0.3, 0.4) is 0 Å². The van der Waals surface area contributed by atoms with Gasteiger partial charge in [-0.25, -0.2) is 13.2 Å². The van der Waals surface area contributed by atoms with E-state index in [1.54, 1.807) is 37.3 Å². The Balaban J connectivity index is 2.35. The first-order chi connectivity index (χ1) is 13.2. The molecule has 0 aliphatic carbocycles. The molecule has 150 valence electrons. The van der Waals surface area contributed by atoms with E-state index >= 15 is 0 Å². The smallest absolute Gasteiger partial charge is 0.338 e. The van der Waals surface area contributed by atoms with Gasteiger partial charge in [-0.3, -0.25) is 0 Å². The van der Waals surface area contributed by atoms with Crippen LogP contribution in [0.25, 0.3) is 0 Å². The largest absolute Gasteiger partial charge is 0.462 e. The molecule has 28 heavy (non-hydrogen) atoms. The average Bonchev–Trinajstić information content (AvgIpc) is 2.61. The second-order valence-corrected chi connectivity index (χ2v) is 8.61. The summed E-state index contributed by atoms with van der Waals surface area (Å²) in [5.41, 5.74) is 3.70. The lowest BCUT2D eigenvalue weighted by Crippen LogP contribution is -2.32. The van der Waals surface area contributed by atoms with Crippen LogP contribution in [-0.4, -0.2) is 31.8 Å². The summed E-state index contributed by atoms with van der Waals surface area (Å²) < 4.78 is 33.1. The number of carbonyl (C=O) groups excluding carboxylic acids is 1. The van der Waals surface area contributed by atoms with Gasteiger partial charge >= 0.3 is 5.97 Å². The van der Waals surface area contributed by atoms with Crippen molar-refractivity contribution in [1.29, 1.82) is 0 Å². The van der Waals surface area contributed by atoms with Crippen LogP contribution in [0.4, 0.5) is 0 Å². The van der Waals surface area contributed by atoms with Crippen LogP contribution in [0, 0.1) is 20.8 Å². The predicted molar refractivity (Wildman–Crippen MR) is 111 cm³/mol. The van der Waals surface area contributed by atoms with Crippen LogP contribution in [-0.2, 0) is 21.3 Å². The zero-order valence-electron chi connectivity index (χ0n) is 16.9. The van der Waals surface area contributed by atoms with E-state index < -0.39 is 16.0 Å². The minimum Gasteiger partial charge on any atom is -0.462 e. The Morgan fingerprint density at radius 2 is 1.68 bits per heavy atom. The number of rotatable bonds is 8. The Labute approximate surface area is 167 Å². The highest BCUT2D eigenvalue weighted by molar-refractivity contribution is 7.89. The molecule has 0 aliphatic heterocycles. The Morgan fingerprint density at radius 1 is 1.11 bits per heavy atom. The van der Waals surface area contributed by atoms with Crippen LogP contribution < -0.4 is 0 Å². The zero-order chi connectivity index (χ0) is 20.9. The van der Waals surface area contributed by atoms with Gasteiger partial charge in [0, 0.05) is 13.1 Å². The summed E-state index contributed by atoms with van der Waals surface area (Å²) in [6, 6.07) is 10.5. The van der Waals surface area contributed by atoms with E-state index in [2.05, 4.69) is 6.58 Å². The van der Waals surface area contributed by atoms with Crippen LogP contribution in [0.5, 0.6) is 0 Å². The minimum absolute atomic E-state index is 0.185. The number of nitrogens with zero attached hydrogens (tertiary/aromatic N) is 1. The second-order valence-electron chi connectivity index (χ2n) is 6.73. The number of benzene rings is 2. The molecule has 0 saturated heterocycles. The number of aryl methyl sites for hydroxylation is 3. The fourth-order valence-electron chi connectivity index (χ4n) is 3.26. The van der Waals surface area contributed by atoms with E-state index in [1.807, 2.05) is 32.9 Å². The third-order valence-electron chi connectivity index (χ3n) is 4.36. The van der Waals surface area contributed by atoms with Crippen LogP contribution in [0.2, 0.25) is 0 Å². The van der Waals surface area contributed by atoms with E-state index in [4.69, 9.17) is 4.74 Å². The SMILES string of the molecule is C=CCN(Cc1ccc(C(=O)OCC)cc1)S(=O)(=O)c1c(C)cc(C)cc1C. The molecule has 6 heteroatoms. The van der Waals surface area contributed by atoms with E-state index in [9.17, 15) is 13.2 Å². The maximum absolute atomic E-state index is 13.3. The maximum atomic E-state index is 13.3. The molecule has 0 radical (unpaired) electrons. The van der Waals surface area contributed by atoms with Crippen molar-refractivity contribution in [3.63, 3.8) is 0 Å². The first kappa shape index (κ1) is 21.9. The molecule has 2 aromatic rings. The van der Waals surface area contributed by atoms with E-state index in [1.165, 1.54) is 4.31 Å². The normalized spacial score (nSPS) is 11.5. The molecular weight excluding hydrogens is 374 g/mol. The van der Waals surface area contributed by atoms with Crippen molar-refractivity contribution in [3.8, 4) is 0 Å². The Hall–Kier alpha value is -2.44. The van der Waals surface area contributed by atoms with Gasteiger partial charge in [0.05, 0.1) is 17.1 Å². The molecule has 0 spiro atoms. The molecular formula is C22H27NO4S. The number of esters is 1. The van der Waals surface area contributed by atoms with Gasteiger partial charge in [-0.05, 0) is 56.5 Å². The maximum Gasteiger partial charge on any atom is 0.338 e. The van der Waals surface area contributed by atoms with Gasteiger partial charge in [0.1, 0.15) is 0 Å². The van der Waals surface area contributed by atoms with Crippen molar-refractivity contribution in [2.75, 3.05) is 13.2 Å². The number of hydrogen-bond donors (Lipinski definition) is 0. The average molecular weight is 402 g/mol. The second kappa shape index (κ2) is 9.17. The van der Waals surface area contributed by atoms with Gasteiger partial charge in [-0.1, -0.05) is 35.9 Å². The summed E-state index contributed by atoms with van der Waals surface area (Å²) in [4.78, 5) is 12.1. The van der Waals surface area contributed by atoms with E-state index in [0.29, 0.717) is 17.1 Å². The lowest BCUT2D eigenvalue weighted by Gasteiger charge is -2.23. The number of sulfonamides is 1. The molecule has 5 nitrogen and oxygen atoms in total. The van der Waals surface area contributed by atoms with Gasteiger partial charge < -0.3 is 4.74 Å². The number of carbonyl (C=O) groups is 1. The summed E-state index contributed by atoms with van der Waals surface area (Å²) in [6.07, 6.45) is 1.57. The molecule has 0 saturated carbocycles. The van der Waals surface area contributed by atoms with Gasteiger partial charge in [0.2, 0.25) is 10.0 Å². The summed E-state index contributed by atoms with van der Waals surface area (Å²) >= 11 is 0. The standard InChI is InChI=1S/C22H27NO4S/c1-6-12-23(15-19-8-10-20(11-9-19)22(24)27-7-2)28(25,26)21-17(4)13-16(3)14-18(21)5/h6,8-11,13-14H,1,7,12,15H2,2-5H3. The minimum atomic E-state index is -3.70. The van der Waals surface area contributed by atoms with Gasteiger partial charge in [-0.15, -0.1) is 6.58 Å². The molecule has 0 atom stereocenters. The van der Waals surface area contributed by atoms with Crippen LogP contribution in [0.15, 0.2) is 53.9 Å². The molecule has 0 N–H and O–H groups in total. The summed E-state index contributed by atoms with van der Waals surface area (Å²) in [5.74, 6) is -0.393. The molecule has 2 aromatic carbocycles. The highest BCUT2D eigenvalue weighted by Gasteiger charge is 2.27. The first-order valence-corrected chi connectivity index (χ1v) is 10.6. The van der Waals surface area contributed by atoms with Gasteiger partial charge in [0.25, 0.3) is 0 Å². The highest BCUT2D eigenvalue weighted by atomic mass is 32.2. The Kier molecular flexibility index (Phi) is 7.16. The Bertz CT molecular complexity index is 940. The lowest BCUT2D eigenvalue weighted by molar-refractivity contribution is 0.0526. The molecule has 2 rings (SSSR count). The van der Waals surface area contributed by atoms with Crippen LogP contribution >= 0.6 is 0 Å². The number of hydrogen-bond acceptors (Lipinski definition) is 4. The van der Waals surface area contributed by atoms with Crippen molar-refractivity contribution in [3.05, 3.63) is 76.9 Å². The Morgan fingerprint density at radius 3 is 2.18 bits per heavy atom. The topological polar surface area (TPSA) is 63.7 Å². The highest BCUT2D eigenvalue weighted by Crippen LogP contribution is 2.26. The molecule has 0 fully saturated rings. The lowest BCUT2D eigenvalue weighted by atomic mass is 10.1. The third-order valence-corrected chi connectivity index (χ3v) is 6.48.